The molecule has 0 aromatic rings. The van der Waals surface area contributed by atoms with Crippen LogP contribution < -0.4 is 0 Å². The van der Waals surface area contributed by atoms with Crippen LogP contribution >= 0.6 is 0 Å². The summed E-state index contributed by atoms with van der Waals surface area (Å²) in [5.41, 5.74) is 0. The van der Waals surface area contributed by atoms with Gasteiger partial charge in [0, 0.05) is 178 Å². The first kappa shape index (κ1) is 108. The molecule has 0 aromatic heterocycles. The molecule has 0 atom stereocenters. The van der Waals surface area contributed by atoms with Gasteiger partial charge >= 0.3 is 0 Å². The molecule has 0 nitrogen and oxygen atoms in total. The Morgan fingerprint density at radius 1 is 0.200 bits per heavy atom. The molecule has 0 fully saturated rings. The van der Waals surface area contributed by atoms with Crippen molar-refractivity contribution >= 4 is 156 Å². The van der Waals surface area contributed by atoms with Gasteiger partial charge in [-0.3, -0.25) is 0 Å². The Balaban J connectivity index is 0. The fraction of sp³-hybridized carbons (Fsp3) is 0. The molecule has 10 heteroatoms. The van der Waals surface area contributed by atoms with Crippen molar-refractivity contribution in [3.63, 3.8) is 0 Å². The van der Waals surface area contributed by atoms with E-state index in [0.717, 1.165) is 0 Å². The van der Waals surface area contributed by atoms with E-state index < -0.39 is 0 Å². The van der Waals surface area contributed by atoms with Crippen LogP contribution in [0.3, 0.4) is 0 Å². The molecule has 31 valence electrons. The second kappa shape index (κ2) is 87.3. The van der Waals surface area contributed by atoms with E-state index in [1.54, 1.807) is 0 Å². The van der Waals surface area contributed by atoms with Crippen LogP contribution in [0.1, 0.15) is 0 Å². The molecule has 10 heavy (non-hydrogen) atoms. The molecule has 0 saturated carbocycles. The van der Waals surface area contributed by atoms with E-state index in [1.807, 2.05) is 0 Å². The van der Waals surface area contributed by atoms with Crippen LogP contribution in [0.25, 0.3) is 0 Å². The third kappa shape index (κ3) is 69.7. The normalized spacial score (nSPS) is 0. The first-order valence-corrected chi connectivity index (χ1v) is 0. The molecule has 0 aliphatic heterocycles. The van der Waals surface area contributed by atoms with Crippen molar-refractivity contribution in [1.29, 1.82) is 0 Å². The van der Waals surface area contributed by atoms with Crippen LogP contribution in [0.2, 0.25) is 0 Å². The van der Waals surface area contributed by atoms with E-state index in [4.69, 9.17) is 0 Å². The smallest absolute Gasteiger partial charge is 0 e. The van der Waals surface area contributed by atoms with Gasteiger partial charge in [0.05, 0.1) is 0 Å². The molecule has 27 radical (unpaired) electrons. The van der Waals surface area contributed by atoms with Gasteiger partial charge in [0.25, 0.3) is 0 Å². The molecule has 0 amide bonds. The van der Waals surface area contributed by atoms with Gasteiger partial charge in [0.2, 0.25) is 0 Å². The van der Waals surface area contributed by atoms with Crippen LogP contribution in [0.5, 0.6) is 0 Å². The van der Waals surface area contributed by atoms with E-state index in [-0.39, 0.29) is 178 Å². The molecule has 0 aliphatic rings. The molecule has 0 spiro atoms. The maximum absolute atomic E-state index is 0. The number of hydrogen-bond donors (Lipinski definition) is 0. The van der Waals surface area contributed by atoms with Crippen LogP contribution in [-0.4, -0.2) is 156 Å². The molecule has 0 rings (SSSR count). The molecular weight excluding hydrogens is 291 g/mol. The van der Waals surface area contributed by atoms with Crippen LogP contribution in [0.4, 0.5) is 0 Å². The monoisotopic (exact) mass is 291 g/mol. The first-order chi connectivity index (χ1) is 0. The van der Waals surface area contributed by atoms with Crippen LogP contribution in [-0.2, 0) is 21.7 Å². The summed E-state index contributed by atoms with van der Waals surface area (Å²) < 4.78 is 0. The predicted octanol–water partition coefficient (Wildman–Crippen LogP) is -3.43. The van der Waals surface area contributed by atoms with Crippen LogP contribution in [0.15, 0.2) is 0 Å². The largest absolute Gasteiger partial charge is 0 e. The summed E-state index contributed by atoms with van der Waals surface area (Å²) in [4.78, 5) is 0. The molecular formula is Al9Ti. The average molecular weight is 291 g/mol. The van der Waals surface area contributed by atoms with Gasteiger partial charge in [0.15, 0.2) is 0 Å². The standard InChI is InChI=1S/9Al.Ti. The predicted molar refractivity (Wildman–Crippen MR) is 51.8 cm³/mol. The van der Waals surface area contributed by atoms with Crippen molar-refractivity contribution in [3.05, 3.63) is 0 Å². The first-order valence-electron chi connectivity index (χ1n) is 0. The van der Waals surface area contributed by atoms with Gasteiger partial charge < -0.3 is 0 Å². The van der Waals surface area contributed by atoms with E-state index in [0.29, 0.717) is 0 Å². The Bertz CT molecular complexity index is 4.69. The number of rotatable bonds is 0. The molecule has 0 aliphatic carbocycles. The van der Waals surface area contributed by atoms with Crippen molar-refractivity contribution in [2.75, 3.05) is 0 Å². The second-order valence-electron chi connectivity index (χ2n) is 0. The SMILES string of the molecule is [Al].[Al].[Al].[Al].[Al].[Al].[Al].[Al].[Al].[Ti]. The van der Waals surface area contributed by atoms with E-state index in [2.05, 4.69) is 0 Å². The zero-order valence-electron chi connectivity index (χ0n) is 5.70. The average Bonchev–Trinajstić information content (AvgIpc) is 0. The van der Waals surface area contributed by atoms with Gasteiger partial charge in [-0.05, 0) is 0 Å². The summed E-state index contributed by atoms with van der Waals surface area (Å²) in [6.07, 6.45) is 0. The fourth-order valence-corrected chi connectivity index (χ4v) is 0. The quantitative estimate of drug-likeness (QED) is 0.408. The minimum atomic E-state index is 0. The van der Waals surface area contributed by atoms with Gasteiger partial charge in [-0.15, -0.1) is 0 Å². The third-order valence-corrected chi connectivity index (χ3v) is 0. The zero-order chi connectivity index (χ0) is 0. The Morgan fingerprint density at radius 2 is 0.200 bits per heavy atom. The third-order valence-electron chi connectivity index (χ3n) is 0. The van der Waals surface area contributed by atoms with E-state index >= 15 is 0 Å². The summed E-state index contributed by atoms with van der Waals surface area (Å²) in [6.45, 7) is 0. The van der Waals surface area contributed by atoms with Gasteiger partial charge in [0.1, 0.15) is 0 Å². The van der Waals surface area contributed by atoms with Crippen LogP contribution in [0, 0.1) is 0 Å². The van der Waals surface area contributed by atoms with Gasteiger partial charge in [-0.2, -0.15) is 0 Å². The minimum Gasteiger partial charge on any atom is 0 e. The Hall–Kier alpha value is 5.51. The van der Waals surface area contributed by atoms with Crippen molar-refractivity contribution in [2.24, 2.45) is 0 Å². The summed E-state index contributed by atoms with van der Waals surface area (Å²) in [6, 6.07) is 0. The second-order valence-corrected chi connectivity index (χ2v) is 0. The molecule has 0 saturated heterocycles. The van der Waals surface area contributed by atoms with Gasteiger partial charge in [-0.1, -0.05) is 0 Å². The summed E-state index contributed by atoms with van der Waals surface area (Å²) in [7, 11) is 0. The van der Waals surface area contributed by atoms with Crippen molar-refractivity contribution in [3.8, 4) is 0 Å². The summed E-state index contributed by atoms with van der Waals surface area (Å²) >= 11 is 0. The minimum absolute atomic E-state index is 0. The van der Waals surface area contributed by atoms with Gasteiger partial charge in [-0.25, -0.2) is 0 Å². The summed E-state index contributed by atoms with van der Waals surface area (Å²) in [5.74, 6) is 0. The molecule has 0 unspecified atom stereocenters. The topological polar surface area (TPSA) is 0 Å². The maximum Gasteiger partial charge on any atom is 0 e. The Morgan fingerprint density at radius 3 is 0.200 bits per heavy atom. The fourth-order valence-electron chi connectivity index (χ4n) is 0. The molecule has 0 N–H and O–H groups in total. The van der Waals surface area contributed by atoms with Crippen molar-refractivity contribution in [2.45, 2.75) is 0 Å². The molecule has 0 bridgehead atoms. The maximum atomic E-state index is 0. The van der Waals surface area contributed by atoms with Crippen molar-refractivity contribution in [1.82, 2.24) is 0 Å². The Labute approximate surface area is 174 Å². The Kier molecular flexibility index (Phi) is 939. The zero-order valence-corrected chi connectivity index (χ0v) is 17.7. The number of hydrogen-bond acceptors (Lipinski definition) is 0. The molecule has 0 aromatic carbocycles. The van der Waals surface area contributed by atoms with E-state index in [1.165, 1.54) is 0 Å². The molecule has 0 heterocycles. The summed E-state index contributed by atoms with van der Waals surface area (Å²) in [5, 5.41) is 0. The van der Waals surface area contributed by atoms with Crippen molar-refractivity contribution < 1.29 is 21.7 Å². The van der Waals surface area contributed by atoms with E-state index in [9.17, 15) is 0 Å².